The lowest BCUT2D eigenvalue weighted by molar-refractivity contribution is -0.143. The van der Waals surface area contributed by atoms with Gasteiger partial charge in [-0.3, -0.25) is 24.2 Å². The number of nitrogens with zero attached hydrogens (tertiary/aromatic N) is 6. The van der Waals surface area contributed by atoms with Gasteiger partial charge in [0.25, 0.3) is 0 Å². The van der Waals surface area contributed by atoms with E-state index in [1.54, 1.807) is 29.2 Å². The van der Waals surface area contributed by atoms with Crippen LogP contribution in [0.15, 0.2) is 28.8 Å². The number of amides is 5. The molecule has 1 atom stereocenters. The van der Waals surface area contributed by atoms with Crippen molar-refractivity contribution >= 4 is 29.4 Å². The molecule has 2 aromatic rings. The number of hydrogen-bond donors (Lipinski definition) is 1. The summed E-state index contributed by atoms with van der Waals surface area (Å²) in [5.41, 5.74) is 0.545. The zero-order valence-corrected chi connectivity index (χ0v) is 22.2. The second-order valence-electron chi connectivity index (χ2n) is 10.0. The number of aliphatic hydroxyl groups excluding tert-OH is 1. The van der Waals surface area contributed by atoms with Crippen LogP contribution in [0.3, 0.4) is 0 Å². The monoisotopic (exact) mass is 556 g/mol. The Morgan fingerprint density at radius 1 is 1.18 bits per heavy atom. The maximum atomic E-state index is 13.6. The molecule has 1 aliphatic carbocycles. The highest BCUT2D eigenvalue weighted by atomic mass is 16.5. The van der Waals surface area contributed by atoms with Crippen LogP contribution < -0.4 is 9.64 Å². The number of β-amino-alcohol motifs (C(OH)–C–C–N with tert-alkyl or cyclic N) is 1. The number of carbonyl (C=O) groups excluding carboxylic acids is 4. The van der Waals surface area contributed by atoms with E-state index < -0.39 is 17.8 Å². The molecule has 2 saturated heterocycles. The molecular weight excluding hydrogens is 524 g/mol. The molecule has 0 unspecified atom stereocenters. The first-order valence-corrected chi connectivity index (χ1v) is 13.2. The molecule has 2 aliphatic heterocycles. The molecule has 1 N–H and O–H groups in total. The average Bonchev–Trinajstić information content (AvgIpc) is 3.64. The number of aromatic nitrogens is 2. The van der Waals surface area contributed by atoms with E-state index in [9.17, 15) is 24.3 Å². The molecule has 0 spiro atoms. The predicted octanol–water partition coefficient (Wildman–Crippen LogP) is 0.0478. The van der Waals surface area contributed by atoms with Gasteiger partial charge in [-0.2, -0.15) is 4.98 Å². The van der Waals surface area contributed by atoms with E-state index in [2.05, 4.69) is 15.0 Å². The maximum Gasteiger partial charge on any atom is 0.334 e. The Labute approximate surface area is 230 Å². The SMILES string of the molecule is COc1ccccc1N(C[C@H]1CN(CCO)CCO1)C(=O)Cc1noc(CN2C(=O)C(=O)N(CC3CC3)C2=O)n1. The van der Waals surface area contributed by atoms with Gasteiger partial charge in [0, 0.05) is 26.2 Å². The fraction of sp³-hybridized carbons (Fsp3) is 0.538. The molecule has 1 aromatic carbocycles. The molecule has 0 bridgehead atoms. The summed E-state index contributed by atoms with van der Waals surface area (Å²) in [6.07, 6.45) is 1.31. The van der Waals surface area contributed by atoms with Crippen molar-refractivity contribution < 1.29 is 38.3 Å². The summed E-state index contributed by atoms with van der Waals surface area (Å²) in [5, 5.41) is 13.2. The minimum atomic E-state index is -0.938. The third kappa shape index (κ3) is 6.13. The van der Waals surface area contributed by atoms with Crippen LogP contribution in [-0.2, 0) is 32.1 Å². The van der Waals surface area contributed by atoms with Crippen LogP contribution in [0.2, 0.25) is 0 Å². The summed E-state index contributed by atoms with van der Waals surface area (Å²) in [4.78, 5) is 60.5. The molecule has 5 amide bonds. The van der Waals surface area contributed by atoms with Gasteiger partial charge in [-0.15, -0.1) is 0 Å². The van der Waals surface area contributed by atoms with E-state index in [4.69, 9.17) is 14.0 Å². The third-order valence-corrected chi connectivity index (χ3v) is 7.09. The first-order valence-electron chi connectivity index (χ1n) is 13.2. The number of hydrogen-bond acceptors (Lipinski definition) is 11. The Morgan fingerprint density at radius 3 is 2.70 bits per heavy atom. The molecule has 40 heavy (non-hydrogen) atoms. The van der Waals surface area contributed by atoms with Crippen molar-refractivity contribution in [2.24, 2.45) is 5.92 Å². The normalized spacial score (nSPS) is 19.9. The second kappa shape index (κ2) is 12.1. The molecular formula is C26H32N6O8. The van der Waals surface area contributed by atoms with Crippen LogP contribution in [0.1, 0.15) is 24.6 Å². The Bertz CT molecular complexity index is 1260. The highest BCUT2D eigenvalue weighted by molar-refractivity contribution is 6.44. The molecule has 1 saturated carbocycles. The van der Waals surface area contributed by atoms with Crippen LogP contribution in [0.5, 0.6) is 5.75 Å². The number of ether oxygens (including phenoxy) is 2. The number of morpholine rings is 1. The van der Waals surface area contributed by atoms with E-state index >= 15 is 0 Å². The van der Waals surface area contributed by atoms with Gasteiger partial charge in [0.15, 0.2) is 5.82 Å². The Balaban J connectivity index is 1.28. The van der Waals surface area contributed by atoms with Crippen molar-refractivity contribution in [3.05, 3.63) is 36.0 Å². The van der Waals surface area contributed by atoms with E-state index in [0.29, 0.717) is 37.7 Å². The minimum Gasteiger partial charge on any atom is -0.495 e. The van der Waals surface area contributed by atoms with Crippen molar-refractivity contribution in [3.8, 4) is 5.75 Å². The number of anilines is 1. The lowest BCUT2D eigenvalue weighted by Crippen LogP contribution is -2.49. The van der Waals surface area contributed by atoms with E-state index in [0.717, 1.165) is 22.6 Å². The zero-order chi connectivity index (χ0) is 28.2. The van der Waals surface area contributed by atoms with Crippen molar-refractivity contribution in [2.75, 3.05) is 57.9 Å². The first-order chi connectivity index (χ1) is 19.4. The number of urea groups is 1. The van der Waals surface area contributed by atoms with Crippen LogP contribution in [0.25, 0.3) is 0 Å². The van der Waals surface area contributed by atoms with Crippen molar-refractivity contribution in [1.82, 2.24) is 24.8 Å². The average molecular weight is 557 g/mol. The fourth-order valence-electron chi connectivity index (χ4n) is 4.83. The molecule has 214 valence electrons. The predicted molar refractivity (Wildman–Crippen MR) is 137 cm³/mol. The number of benzene rings is 1. The summed E-state index contributed by atoms with van der Waals surface area (Å²) >= 11 is 0. The van der Waals surface area contributed by atoms with Gasteiger partial charge in [0.1, 0.15) is 12.3 Å². The first kappa shape index (κ1) is 27.7. The molecule has 1 aromatic heterocycles. The van der Waals surface area contributed by atoms with Crippen molar-refractivity contribution in [2.45, 2.75) is 31.9 Å². The Kier molecular flexibility index (Phi) is 8.38. The van der Waals surface area contributed by atoms with Gasteiger partial charge < -0.3 is 24.0 Å². The molecule has 14 heteroatoms. The Hall–Kier alpha value is -3.88. The Morgan fingerprint density at radius 2 is 1.95 bits per heavy atom. The second-order valence-corrected chi connectivity index (χ2v) is 10.0. The summed E-state index contributed by atoms with van der Waals surface area (Å²) < 4.78 is 16.6. The maximum absolute atomic E-state index is 13.6. The number of para-hydroxylation sites is 2. The van der Waals surface area contributed by atoms with Gasteiger partial charge in [0.05, 0.1) is 45.1 Å². The topological polar surface area (TPSA) is 159 Å². The largest absolute Gasteiger partial charge is 0.495 e. The number of aliphatic hydroxyl groups is 1. The van der Waals surface area contributed by atoms with Gasteiger partial charge in [-0.05, 0) is 30.9 Å². The van der Waals surface area contributed by atoms with E-state index in [-0.39, 0.29) is 62.3 Å². The summed E-state index contributed by atoms with van der Waals surface area (Å²) in [6.45, 7) is 2.34. The minimum absolute atomic E-state index is 0.0311. The molecule has 14 nitrogen and oxygen atoms in total. The summed E-state index contributed by atoms with van der Waals surface area (Å²) in [6, 6.07) is 6.40. The lowest BCUT2D eigenvalue weighted by atomic mass is 10.2. The van der Waals surface area contributed by atoms with E-state index in [1.807, 2.05) is 0 Å². The number of imide groups is 2. The third-order valence-electron chi connectivity index (χ3n) is 7.09. The standard InChI is InChI=1S/C26H32N6O8/c1-38-20-5-3-2-4-19(20)30(15-18-14-29(8-10-33)9-11-39-18)23(34)12-21-27-22(40-28-21)16-32-25(36)24(35)31(26(32)37)13-17-6-7-17/h2-5,17-18,33H,6-16H2,1H3/t18-/m1/s1. The molecule has 3 fully saturated rings. The quantitative estimate of drug-likeness (QED) is 0.278. The van der Waals surface area contributed by atoms with Crippen LogP contribution in [-0.4, -0.2) is 113 Å². The van der Waals surface area contributed by atoms with Crippen LogP contribution >= 0.6 is 0 Å². The number of methoxy groups -OCH3 is 1. The highest BCUT2D eigenvalue weighted by Gasteiger charge is 2.46. The van der Waals surface area contributed by atoms with Gasteiger partial charge in [-0.1, -0.05) is 17.3 Å². The fourth-order valence-corrected chi connectivity index (χ4v) is 4.83. The highest BCUT2D eigenvalue weighted by Crippen LogP contribution is 2.32. The summed E-state index contributed by atoms with van der Waals surface area (Å²) in [7, 11) is 1.52. The lowest BCUT2D eigenvalue weighted by Gasteiger charge is -2.35. The van der Waals surface area contributed by atoms with Gasteiger partial charge in [0.2, 0.25) is 11.8 Å². The summed E-state index contributed by atoms with van der Waals surface area (Å²) in [5.74, 6) is -1.41. The van der Waals surface area contributed by atoms with E-state index in [1.165, 1.54) is 7.11 Å². The molecule has 3 aliphatic rings. The molecule has 3 heterocycles. The van der Waals surface area contributed by atoms with Gasteiger partial charge >= 0.3 is 17.8 Å². The zero-order valence-electron chi connectivity index (χ0n) is 22.2. The number of carbonyl (C=O) groups is 4. The van der Waals surface area contributed by atoms with Crippen molar-refractivity contribution in [1.29, 1.82) is 0 Å². The molecule has 0 radical (unpaired) electrons. The smallest absolute Gasteiger partial charge is 0.334 e. The number of rotatable bonds is 12. The molecule has 5 rings (SSSR count). The van der Waals surface area contributed by atoms with Crippen molar-refractivity contribution in [3.63, 3.8) is 0 Å². The van der Waals surface area contributed by atoms with Crippen LogP contribution in [0, 0.1) is 5.92 Å². The van der Waals surface area contributed by atoms with Gasteiger partial charge in [-0.25, -0.2) is 9.69 Å². The van der Waals surface area contributed by atoms with Crippen LogP contribution in [0.4, 0.5) is 10.5 Å².